The predicted molar refractivity (Wildman–Crippen MR) is 55.0 cm³/mol. The minimum Gasteiger partial charge on any atom is -0.325 e. The SMILES string of the molecule is N#CCC(=O)Nc1ccc(C#N)c(C(F)(F)F)c1. The number of carbonyl (C=O) groups is 1. The molecule has 0 aliphatic heterocycles. The van der Waals surface area contributed by atoms with Crippen molar-refractivity contribution in [2.75, 3.05) is 5.32 Å². The molecule has 18 heavy (non-hydrogen) atoms. The fourth-order valence-electron chi connectivity index (χ4n) is 1.23. The van der Waals surface area contributed by atoms with E-state index >= 15 is 0 Å². The van der Waals surface area contributed by atoms with Crippen LogP contribution in [0.2, 0.25) is 0 Å². The lowest BCUT2D eigenvalue weighted by Gasteiger charge is -2.11. The number of benzene rings is 1. The summed E-state index contributed by atoms with van der Waals surface area (Å²) < 4.78 is 37.8. The van der Waals surface area contributed by atoms with E-state index in [1.807, 2.05) is 0 Å². The smallest absolute Gasteiger partial charge is 0.325 e. The lowest BCUT2D eigenvalue weighted by molar-refractivity contribution is -0.137. The van der Waals surface area contributed by atoms with Gasteiger partial charge < -0.3 is 5.32 Å². The van der Waals surface area contributed by atoms with Crippen molar-refractivity contribution in [3.05, 3.63) is 29.3 Å². The van der Waals surface area contributed by atoms with Gasteiger partial charge in [-0.3, -0.25) is 4.79 Å². The first-order valence-electron chi connectivity index (χ1n) is 4.66. The van der Waals surface area contributed by atoms with Gasteiger partial charge in [-0.15, -0.1) is 0 Å². The minimum absolute atomic E-state index is 0.110. The van der Waals surface area contributed by atoms with Crippen LogP contribution in [0.1, 0.15) is 17.5 Å². The van der Waals surface area contributed by atoms with Gasteiger partial charge in [0.05, 0.1) is 23.3 Å². The monoisotopic (exact) mass is 253 g/mol. The Morgan fingerprint density at radius 3 is 2.50 bits per heavy atom. The molecule has 0 saturated carbocycles. The zero-order chi connectivity index (χ0) is 13.8. The average molecular weight is 253 g/mol. The summed E-state index contributed by atoms with van der Waals surface area (Å²) in [6, 6.07) is 5.78. The van der Waals surface area contributed by atoms with Gasteiger partial charge in [-0.2, -0.15) is 23.7 Å². The van der Waals surface area contributed by atoms with E-state index in [-0.39, 0.29) is 5.69 Å². The van der Waals surface area contributed by atoms with E-state index in [1.165, 1.54) is 12.1 Å². The zero-order valence-corrected chi connectivity index (χ0v) is 8.88. The van der Waals surface area contributed by atoms with Gasteiger partial charge in [0.15, 0.2) is 0 Å². The predicted octanol–water partition coefficient (Wildman–Crippen LogP) is 2.43. The van der Waals surface area contributed by atoms with Crippen molar-refractivity contribution in [3.63, 3.8) is 0 Å². The molecule has 0 saturated heterocycles. The molecule has 0 bridgehead atoms. The standard InChI is InChI=1S/C11H6F3N3O/c12-11(13,14)9-5-8(2-1-7(9)6-16)17-10(18)3-4-15/h1-2,5H,3H2,(H,17,18). The molecule has 1 N–H and O–H groups in total. The molecule has 0 fully saturated rings. The van der Waals surface area contributed by atoms with Crippen molar-refractivity contribution in [1.29, 1.82) is 10.5 Å². The van der Waals surface area contributed by atoms with Crippen molar-refractivity contribution in [2.24, 2.45) is 0 Å². The van der Waals surface area contributed by atoms with Gasteiger partial charge in [0.2, 0.25) is 5.91 Å². The fraction of sp³-hybridized carbons (Fsp3) is 0.182. The lowest BCUT2D eigenvalue weighted by atomic mass is 10.1. The molecule has 1 aromatic rings. The number of hydrogen-bond donors (Lipinski definition) is 1. The average Bonchev–Trinajstić information content (AvgIpc) is 2.28. The second-order valence-electron chi connectivity index (χ2n) is 3.25. The Bertz CT molecular complexity index is 552. The number of anilines is 1. The molecule has 0 aromatic heterocycles. The van der Waals surface area contributed by atoms with E-state index in [1.54, 1.807) is 6.07 Å². The van der Waals surface area contributed by atoms with E-state index in [0.717, 1.165) is 6.07 Å². The summed E-state index contributed by atoms with van der Waals surface area (Å²) in [6.07, 6.45) is -5.14. The Morgan fingerprint density at radius 1 is 1.33 bits per heavy atom. The van der Waals surface area contributed by atoms with Gasteiger partial charge in [-0.05, 0) is 18.2 Å². The summed E-state index contributed by atoms with van der Waals surface area (Å²) in [5.74, 6) is -0.713. The summed E-state index contributed by atoms with van der Waals surface area (Å²) in [7, 11) is 0. The van der Waals surface area contributed by atoms with Crippen LogP contribution in [0.25, 0.3) is 0 Å². The van der Waals surface area contributed by atoms with Gasteiger partial charge >= 0.3 is 6.18 Å². The molecule has 4 nitrogen and oxygen atoms in total. The largest absolute Gasteiger partial charge is 0.417 e. The number of nitrogens with zero attached hydrogens (tertiary/aromatic N) is 2. The number of carbonyl (C=O) groups excluding carboxylic acids is 1. The van der Waals surface area contributed by atoms with Gasteiger partial charge in [0.1, 0.15) is 6.42 Å². The van der Waals surface area contributed by atoms with Crippen LogP contribution in [0.4, 0.5) is 18.9 Å². The topological polar surface area (TPSA) is 76.7 Å². The molecule has 7 heteroatoms. The van der Waals surface area contributed by atoms with Gasteiger partial charge in [-0.25, -0.2) is 0 Å². The van der Waals surface area contributed by atoms with Crippen LogP contribution in [0.15, 0.2) is 18.2 Å². The van der Waals surface area contributed by atoms with Gasteiger partial charge in [0, 0.05) is 5.69 Å². The van der Waals surface area contributed by atoms with Gasteiger partial charge in [0.25, 0.3) is 0 Å². The Labute approximate surface area is 100 Å². The summed E-state index contributed by atoms with van der Waals surface area (Å²) in [6.45, 7) is 0. The molecular weight excluding hydrogens is 247 g/mol. The highest BCUT2D eigenvalue weighted by Gasteiger charge is 2.33. The number of halogens is 3. The molecule has 0 unspecified atom stereocenters. The second-order valence-corrected chi connectivity index (χ2v) is 3.25. The molecule has 0 atom stereocenters. The molecule has 0 spiro atoms. The second kappa shape index (κ2) is 5.19. The van der Waals surface area contributed by atoms with E-state index in [2.05, 4.69) is 5.32 Å². The third-order valence-electron chi connectivity index (χ3n) is 1.97. The van der Waals surface area contributed by atoms with Crippen LogP contribution < -0.4 is 5.32 Å². The molecule has 1 amide bonds. The molecule has 0 aliphatic carbocycles. The number of nitrogens with one attached hydrogen (secondary N) is 1. The zero-order valence-electron chi connectivity index (χ0n) is 8.88. The number of amides is 1. The van der Waals surface area contributed by atoms with Crippen LogP contribution in [-0.4, -0.2) is 5.91 Å². The molecular formula is C11H6F3N3O. The molecule has 1 rings (SSSR count). The summed E-state index contributed by atoms with van der Waals surface area (Å²) in [5.41, 5.74) is -1.76. The number of hydrogen-bond acceptors (Lipinski definition) is 3. The molecule has 1 aromatic carbocycles. The van der Waals surface area contributed by atoms with Crippen molar-refractivity contribution in [3.8, 4) is 12.1 Å². The molecule has 0 aliphatic rings. The van der Waals surface area contributed by atoms with Gasteiger partial charge in [-0.1, -0.05) is 0 Å². The maximum Gasteiger partial charge on any atom is 0.417 e. The summed E-state index contributed by atoms with van der Waals surface area (Å²) >= 11 is 0. The Kier molecular flexibility index (Phi) is 3.90. The third kappa shape index (κ3) is 3.22. The van der Waals surface area contributed by atoms with Crippen LogP contribution in [0, 0.1) is 22.7 Å². The first-order valence-corrected chi connectivity index (χ1v) is 4.66. The fourth-order valence-corrected chi connectivity index (χ4v) is 1.23. The first-order chi connectivity index (χ1) is 8.38. The van der Waals surface area contributed by atoms with E-state index in [0.29, 0.717) is 6.07 Å². The molecule has 0 heterocycles. The highest BCUT2D eigenvalue weighted by molar-refractivity contribution is 5.92. The van der Waals surface area contributed by atoms with Crippen molar-refractivity contribution >= 4 is 11.6 Å². The third-order valence-corrected chi connectivity index (χ3v) is 1.97. The van der Waals surface area contributed by atoms with Crippen molar-refractivity contribution in [2.45, 2.75) is 12.6 Å². The maximum absolute atomic E-state index is 12.6. The maximum atomic E-state index is 12.6. The van der Waals surface area contributed by atoms with E-state index < -0.39 is 29.6 Å². The number of nitriles is 2. The van der Waals surface area contributed by atoms with Crippen LogP contribution in [0.5, 0.6) is 0 Å². The Balaban J connectivity index is 3.09. The van der Waals surface area contributed by atoms with Crippen molar-refractivity contribution in [1.82, 2.24) is 0 Å². The summed E-state index contributed by atoms with van der Waals surface area (Å²) in [5, 5.41) is 18.9. The molecule has 92 valence electrons. The van der Waals surface area contributed by atoms with E-state index in [4.69, 9.17) is 10.5 Å². The van der Waals surface area contributed by atoms with Crippen LogP contribution in [0.3, 0.4) is 0 Å². The highest BCUT2D eigenvalue weighted by atomic mass is 19.4. The normalized spacial score (nSPS) is 10.3. The quantitative estimate of drug-likeness (QED) is 0.879. The minimum atomic E-state index is -4.68. The first kappa shape index (κ1) is 13.5. The number of rotatable bonds is 2. The van der Waals surface area contributed by atoms with Crippen molar-refractivity contribution < 1.29 is 18.0 Å². The molecule has 0 radical (unpaired) electrons. The van der Waals surface area contributed by atoms with Crippen LogP contribution in [-0.2, 0) is 11.0 Å². The Hall–Kier alpha value is -2.54. The lowest BCUT2D eigenvalue weighted by Crippen LogP contribution is -2.13. The Morgan fingerprint density at radius 2 is 2.00 bits per heavy atom. The number of alkyl halides is 3. The van der Waals surface area contributed by atoms with E-state index in [9.17, 15) is 18.0 Å². The summed E-state index contributed by atoms with van der Waals surface area (Å²) in [4.78, 5) is 11.0. The highest BCUT2D eigenvalue weighted by Crippen LogP contribution is 2.33. The van der Waals surface area contributed by atoms with Crippen LogP contribution >= 0.6 is 0 Å².